The number of fused-ring (bicyclic) bond motifs is 1. The van der Waals surface area contributed by atoms with Gasteiger partial charge in [-0.05, 0) is 42.5 Å². The number of ether oxygens (including phenoxy) is 2. The third kappa shape index (κ3) is 2.87. The van der Waals surface area contributed by atoms with Gasteiger partial charge in [0.25, 0.3) is 0 Å². The molecule has 0 atom stereocenters. The summed E-state index contributed by atoms with van der Waals surface area (Å²) in [5.74, 6) is 2.70. The van der Waals surface area contributed by atoms with Crippen LogP contribution in [0.15, 0.2) is 41.0 Å². The maximum absolute atomic E-state index is 5.35. The Balaban J connectivity index is 1.71. The summed E-state index contributed by atoms with van der Waals surface area (Å²) in [7, 11) is 3.20. The van der Waals surface area contributed by atoms with E-state index in [1.54, 1.807) is 25.0 Å². The largest absolute Gasteiger partial charge is 0.493 e. The summed E-state index contributed by atoms with van der Waals surface area (Å²) in [6.07, 6.45) is 5.38. The van der Waals surface area contributed by atoms with E-state index in [2.05, 4.69) is 15.3 Å². The number of hydrogen-bond acceptors (Lipinski definition) is 7. The molecule has 4 rings (SSSR count). The first-order valence-corrected chi connectivity index (χ1v) is 8.26. The molecule has 0 amide bonds. The fourth-order valence-electron chi connectivity index (χ4n) is 2.39. The van der Waals surface area contributed by atoms with E-state index in [9.17, 15) is 0 Å². The minimum Gasteiger partial charge on any atom is -0.493 e. The highest BCUT2D eigenvalue weighted by molar-refractivity contribution is 7.17. The molecule has 3 aromatic heterocycles. The third-order valence-corrected chi connectivity index (χ3v) is 4.45. The van der Waals surface area contributed by atoms with E-state index in [1.165, 1.54) is 11.3 Å². The molecule has 0 saturated carbocycles. The zero-order chi connectivity index (χ0) is 17.2. The van der Waals surface area contributed by atoms with Gasteiger partial charge >= 0.3 is 0 Å². The van der Waals surface area contributed by atoms with E-state index in [0.717, 1.165) is 16.3 Å². The van der Waals surface area contributed by atoms with Crippen molar-refractivity contribution in [1.82, 2.24) is 19.8 Å². The van der Waals surface area contributed by atoms with Gasteiger partial charge in [0.05, 0.1) is 20.5 Å². The molecular formula is C17H14N4O3S. The van der Waals surface area contributed by atoms with E-state index in [-0.39, 0.29) is 0 Å². The lowest BCUT2D eigenvalue weighted by molar-refractivity contribution is 0.355. The Kier molecular flexibility index (Phi) is 3.95. The molecule has 0 spiro atoms. The van der Waals surface area contributed by atoms with Gasteiger partial charge in [-0.2, -0.15) is 9.61 Å². The van der Waals surface area contributed by atoms with Crippen LogP contribution in [-0.4, -0.2) is 34.0 Å². The van der Waals surface area contributed by atoms with Gasteiger partial charge in [0.2, 0.25) is 4.96 Å². The second-order valence-electron chi connectivity index (χ2n) is 5.08. The molecule has 0 aliphatic heterocycles. The number of rotatable bonds is 5. The molecule has 4 aromatic rings. The smallest absolute Gasteiger partial charge is 0.235 e. The minimum atomic E-state index is 0.630. The van der Waals surface area contributed by atoms with Crippen molar-refractivity contribution in [1.29, 1.82) is 0 Å². The Hall–Kier alpha value is -3.13. The summed E-state index contributed by atoms with van der Waals surface area (Å²) in [6, 6.07) is 9.31. The molecule has 0 saturated heterocycles. The zero-order valence-corrected chi connectivity index (χ0v) is 14.4. The van der Waals surface area contributed by atoms with Crippen LogP contribution in [0.2, 0.25) is 0 Å². The molecule has 0 N–H and O–H groups in total. The lowest BCUT2D eigenvalue weighted by atomic mass is 10.2. The normalized spacial score (nSPS) is 11.4. The van der Waals surface area contributed by atoms with Crippen molar-refractivity contribution in [2.24, 2.45) is 0 Å². The molecule has 3 heterocycles. The average molecular weight is 354 g/mol. The zero-order valence-electron chi connectivity index (χ0n) is 13.5. The van der Waals surface area contributed by atoms with Crippen LogP contribution in [0.25, 0.3) is 28.5 Å². The molecule has 0 unspecified atom stereocenters. The first kappa shape index (κ1) is 15.4. The molecule has 0 aliphatic carbocycles. The summed E-state index contributed by atoms with van der Waals surface area (Å²) in [5, 5.41) is 13.8. The number of hydrogen-bond donors (Lipinski definition) is 0. The summed E-state index contributed by atoms with van der Waals surface area (Å²) < 4.78 is 17.6. The minimum absolute atomic E-state index is 0.630. The number of furan rings is 1. The predicted octanol–water partition coefficient (Wildman–Crippen LogP) is 3.63. The lowest BCUT2D eigenvalue weighted by Gasteiger charge is -2.08. The fraction of sp³-hybridized carbons (Fsp3) is 0.118. The summed E-state index contributed by atoms with van der Waals surface area (Å²) >= 11 is 1.45. The predicted molar refractivity (Wildman–Crippen MR) is 94.8 cm³/mol. The first-order valence-electron chi connectivity index (χ1n) is 7.44. The van der Waals surface area contributed by atoms with Crippen molar-refractivity contribution in [2.45, 2.75) is 0 Å². The van der Waals surface area contributed by atoms with Crippen molar-refractivity contribution in [3.8, 4) is 22.9 Å². The van der Waals surface area contributed by atoms with E-state index in [4.69, 9.17) is 13.9 Å². The van der Waals surface area contributed by atoms with Gasteiger partial charge in [-0.15, -0.1) is 10.2 Å². The number of methoxy groups -OCH3 is 2. The molecule has 7 nitrogen and oxygen atoms in total. The Bertz CT molecular complexity index is 1030. The Labute approximate surface area is 147 Å². The van der Waals surface area contributed by atoms with Crippen LogP contribution in [0.4, 0.5) is 0 Å². The number of benzene rings is 1. The molecule has 0 aliphatic rings. The van der Waals surface area contributed by atoms with Crippen LogP contribution in [0.5, 0.6) is 11.5 Å². The highest BCUT2D eigenvalue weighted by atomic mass is 32.1. The molecule has 0 bridgehead atoms. The maximum atomic E-state index is 5.35. The van der Waals surface area contributed by atoms with Crippen molar-refractivity contribution < 1.29 is 13.9 Å². The molecule has 0 radical (unpaired) electrons. The van der Waals surface area contributed by atoms with Gasteiger partial charge in [-0.25, -0.2) is 0 Å². The van der Waals surface area contributed by atoms with Crippen LogP contribution in [0.3, 0.4) is 0 Å². The molecule has 25 heavy (non-hydrogen) atoms. The molecule has 0 fully saturated rings. The van der Waals surface area contributed by atoms with E-state index >= 15 is 0 Å². The molecule has 8 heteroatoms. The van der Waals surface area contributed by atoms with Crippen LogP contribution in [0, 0.1) is 0 Å². The van der Waals surface area contributed by atoms with Crippen molar-refractivity contribution in [3.05, 3.63) is 47.4 Å². The molecule has 1 aromatic carbocycles. The Morgan fingerprint density at radius 1 is 1.08 bits per heavy atom. The van der Waals surface area contributed by atoms with Gasteiger partial charge in [0, 0.05) is 5.56 Å². The van der Waals surface area contributed by atoms with Crippen LogP contribution in [-0.2, 0) is 0 Å². The molecular weight excluding hydrogens is 340 g/mol. The standard InChI is InChI=1S/C17H14N4O3S/c1-22-13-7-5-11(10-14(13)23-2)16-18-19-17-21(16)20-15(25-17)8-6-12-4-3-9-24-12/h3-10H,1-2H3. The Morgan fingerprint density at radius 2 is 1.96 bits per heavy atom. The SMILES string of the molecule is COc1ccc(-c2nnc3sc(C=Cc4ccco4)nn23)cc1OC. The lowest BCUT2D eigenvalue weighted by Crippen LogP contribution is -1.94. The second-order valence-corrected chi connectivity index (χ2v) is 6.06. The monoisotopic (exact) mass is 354 g/mol. The average Bonchev–Trinajstić information content (AvgIpc) is 3.36. The maximum Gasteiger partial charge on any atom is 0.235 e. The van der Waals surface area contributed by atoms with Crippen molar-refractivity contribution in [2.75, 3.05) is 14.2 Å². The quantitative estimate of drug-likeness (QED) is 0.545. The number of nitrogens with zero attached hydrogens (tertiary/aromatic N) is 4. The van der Waals surface area contributed by atoms with Crippen LogP contribution in [0.1, 0.15) is 10.8 Å². The second kappa shape index (κ2) is 6.40. The highest BCUT2D eigenvalue weighted by Gasteiger charge is 2.14. The van der Waals surface area contributed by atoms with Crippen molar-refractivity contribution >= 4 is 28.4 Å². The van der Waals surface area contributed by atoms with E-state index < -0.39 is 0 Å². The first-order chi connectivity index (χ1) is 12.3. The van der Waals surface area contributed by atoms with E-state index in [0.29, 0.717) is 22.3 Å². The van der Waals surface area contributed by atoms with Gasteiger partial charge in [0.1, 0.15) is 10.8 Å². The van der Waals surface area contributed by atoms with Gasteiger partial charge < -0.3 is 13.9 Å². The van der Waals surface area contributed by atoms with E-state index in [1.807, 2.05) is 42.5 Å². The topological polar surface area (TPSA) is 74.7 Å². The third-order valence-electron chi connectivity index (χ3n) is 3.58. The van der Waals surface area contributed by atoms with Crippen molar-refractivity contribution in [3.63, 3.8) is 0 Å². The Morgan fingerprint density at radius 3 is 2.72 bits per heavy atom. The summed E-state index contributed by atoms with van der Waals surface area (Å²) in [4.78, 5) is 0.712. The van der Waals surface area contributed by atoms with Gasteiger partial charge in [0.15, 0.2) is 17.3 Å². The summed E-state index contributed by atoms with van der Waals surface area (Å²) in [5.41, 5.74) is 0.844. The number of aromatic nitrogens is 4. The van der Waals surface area contributed by atoms with Crippen LogP contribution < -0.4 is 9.47 Å². The fourth-order valence-corrected chi connectivity index (χ4v) is 3.13. The van der Waals surface area contributed by atoms with Gasteiger partial charge in [-0.1, -0.05) is 11.3 Å². The summed E-state index contributed by atoms with van der Waals surface area (Å²) in [6.45, 7) is 0. The van der Waals surface area contributed by atoms with Crippen LogP contribution >= 0.6 is 11.3 Å². The van der Waals surface area contributed by atoms with Gasteiger partial charge in [-0.3, -0.25) is 0 Å². The molecule has 126 valence electrons. The highest BCUT2D eigenvalue weighted by Crippen LogP contribution is 2.32.